The van der Waals surface area contributed by atoms with Crippen LogP contribution in [0.5, 0.6) is 0 Å². The third-order valence-corrected chi connectivity index (χ3v) is 2.05. The van der Waals surface area contributed by atoms with E-state index >= 15 is 0 Å². The average molecular weight is 241 g/mol. The van der Waals surface area contributed by atoms with Crippen molar-refractivity contribution in [2.45, 2.75) is 39.8 Å². The van der Waals surface area contributed by atoms with E-state index < -0.39 is 11.7 Å². The molecule has 0 atom stereocenters. The van der Waals surface area contributed by atoms with Gasteiger partial charge in [-0.2, -0.15) is 5.10 Å². The molecule has 0 saturated carbocycles. The lowest BCUT2D eigenvalue weighted by Gasteiger charge is -2.19. The van der Waals surface area contributed by atoms with Gasteiger partial charge in [0.2, 0.25) is 0 Å². The number of aliphatic hydroxyl groups is 1. The van der Waals surface area contributed by atoms with E-state index in [0.717, 1.165) is 5.69 Å². The zero-order valence-electron chi connectivity index (χ0n) is 10.6. The Hall–Kier alpha value is -1.56. The number of anilines is 1. The minimum absolute atomic E-state index is 0.00833. The van der Waals surface area contributed by atoms with Crippen LogP contribution < -0.4 is 5.32 Å². The number of nitrogens with zero attached hydrogens (tertiary/aromatic N) is 2. The van der Waals surface area contributed by atoms with Crippen molar-refractivity contribution in [2.75, 3.05) is 11.9 Å². The maximum Gasteiger partial charge on any atom is 0.412 e. The van der Waals surface area contributed by atoms with E-state index in [1.54, 1.807) is 25.5 Å². The van der Waals surface area contributed by atoms with Crippen LogP contribution in [0.25, 0.3) is 0 Å². The molecule has 1 rings (SSSR count). The highest BCUT2D eigenvalue weighted by atomic mass is 16.6. The van der Waals surface area contributed by atoms with Crippen LogP contribution in [0.4, 0.5) is 10.5 Å². The first kappa shape index (κ1) is 13.5. The Kier molecular flexibility index (Phi) is 4.11. The van der Waals surface area contributed by atoms with Crippen LogP contribution in [0.15, 0.2) is 6.20 Å². The number of carbonyl (C=O) groups is 1. The van der Waals surface area contributed by atoms with E-state index in [9.17, 15) is 4.79 Å². The van der Waals surface area contributed by atoms with Crippen molar-refractivity contribution in [1.82, 2.24) is 9.78 Å². The number of rotatable bonds is 3. The van der Waals surface area contributed by atoms with Gasteiger partial charge in [0.1, 0.15) is 5.60 Å². The third-order valence-electron chi connectivity index (χ3n) is 2.05. The lowest BCUT2D eigenvalue weighted by atomic mass is 10.2. The van der Waals surface area contributed by atoms with Crippen molar-refractivity contribution >= 4 is 11.8 Å². The van der Waals surface area contributed by atoms with Gasteiger partial charge < -0.3 is 9.84 Å². The van der Waals surface area contributed by atoms with Gasteiger partial charge in [-0.15, -0.1) is 0 Å². The molecule has 0 bridgehead atoms. The van der Waals surface area contributed by atoms with Gasteiger partial charge >= 0.3 is 6.09 Å². The normalized spacial score (nSPS) is 11.4. The van der Waals surface area contributed by atoms with Crippen molar-refractivity contribution in [3.8, 4) is 0 Å². The molecular formula is C11H19N3O3. The molecular weight excluding hydrogens is 222 g/mol. The summed E-state index contributed by atoms with van der Waals surface area (Å²) >= 11 is 0. The molecule has 6 heteroatoms. The molecule has 0 fully saturated rings. The third kappa shape index (κ3) is 4.07. The predicted molar refractivity (Wildman–Crippen MR) is 63.9 cm³/mol. The summed E-state index contributed by atoms with van der Waals surface area (Å²) in [5.41, 5.74) is 0.844. The van der Waals surface area contributed by atoms with Crippen LogP contribution >= 0.6 is 0 Å². The van der Waals surface area contributed by atoms with Gasteiger partial charge in [0, 0.05) is 0 Å². The van der Waals surface area contributed by atoms with Crippen molar-refractivity contribution < 1.29 is 14.6 Å². The van der Waals surface area contributed by atoms with E-state index in [-0.39, 0.29) is 6.61 Å². The van der Waals surface area contributed by atoms with Gasteiger partial charge in [-0.1, -0.05) is 0 Å². The van der Waals surface area contributed by atoms with Gasteiger partial charge in [0.05, 0.1) is 30.7 Å². The number of carbonyl (C=O) groups excluding carboxylic acids is 1. The second-order valence-electron chi connectivity index (χ2n) is 4.72. The number of ether oxygens (including phenoxy) is 1. The minimum Gasteiger partial charge on any atom is -0.444 e. The summed E-state index contributed by atoms with van der Waals surface area (Å²) < 4.78 is 6.75. The van der Waals surface area contributed by atoms with Crippen molar-refractivity contribution in [3.63, 3.8) is 0 Å². The maximum absolute atomic E-state index is 11.5. The van der Waals surface area contributed by atoms with Gasteiger partial charge in [-0.3, -0.25) is 10.00 Å². The Morgan fingerprint density at radius 1 is 1.59 bits per heavy atom. The summed E-state index contributed by atoms with van der Waals surface area (Å²) in [6.07, 6.45) is 1.03. The molecule has 1 heterocycles. The Balaban J connectivity index is 2.66. The second kappa shape index (κ2) is 5.18. The number of hydrogen-bond donors (Lipinski definition) is 2. The quantitative estimate of drug-likeness (QED) is 0.841. The molecule has 0 aliphatic carbocycles. The van der Waals surface area contributed by atoms with Crippen LogP contribution in [0, 0.1) is 6.92 Å². The van der Waals surface area contributed by atoms with E-state index in [1.165, 1.54) is 6.20 Å². The van der Waals surface area contributed by atoms with E-state index in [0.29, 0.717) is 12.2 Å². The lowest BCUT2D eigenvalue weighted by molar-refractivity contribution is 0.0636. The highest BCUT2D eigenvalue weighted by molar-refractivity contribution is 5.85. The SMILES string of the molecule is Cc1c(NC(=O)OC(C)(C)C)cnn1CCO. The molecule has 1 amide bonds. The van der Waals surface area contributed by atoms with E-state index in [2.05, 4.69) is 10.4 Å². The Morgan fingerprint density at radius 2 is 2.24 bits per heavy atom. The summed E-state index contributed by atoms with van der Waals surface area (Å²) in [5, 5.41) is 15.5. The van der Waals surface area contributed by atoms with Gasteiger partial charge in [0.15, 0.2) is 0 Å². The lowest BCUT2D eigenvalue weighted by Crippen LogP contribution is -2.27. The number of nitrogens with one attached hydrogen (secondary N) is 1. The van der Waals surface area contributed by atoms with E-state index in [4.69, 9.17) is 9.84 Å². The number of hydrogen-bond acceptors (Lipinski definition) is 4. The fourth-order valence-corrected chi connectivity index (χ4v) is 1.30. The molecule has 0 aliphatic heterocycles. The van der Waals surface area contributed by atoms with Crippen molar-refractivity contribution in [1.29, 1.82) is 0 Å². The monoisotopic (exact) mass is 241 g/mol. The van der Waals surface area contributed by atoms with Crippen LogP contribution in [0.3, 0.4) is 0 Å². The van der Waals surface area contributed by atoms with Gasteiger partial charge in [-0.05, 0) is 27.7 Å². The summed E-state index contributed by atoms with van der Waals surface area (Å²) in [4.78, 5) is 11.5. The molecule has 6 nitrogen and oxygen atoms in total. The van der Waals surface area contributed by atoms with Crippen molar-refractivity contribution in [3.05, 3.63) is 11.9 Å². The number of aliphatic hydroxyl groups excluding tert-OH is 1. The molecule has 0 aromatic carbocycles. The van der Waals surface area contributed by atoms with Gasteiger partial charge in [-0.25, -0.2) is 4.79 Å². The largest absolute Gasteiger partial charge is 0.444 e. The first-order valence-electron chi connectivity index (χ1n) is 5.47. The minimum atomic E-state index is -0.529. The molecule has 0 unspecified atom stereocenters. The molecule has 0 radical (unpaired) electrons. The van der Waals surface area contributed by atoms with Gasteiger partial charge in [0.25, 0.3) is 0 Å². The molecule has 0 spiro atoms. The smallest absolute Gasteiger partial charge is 0.412 e. The summed E-state index contributed by atoms with van der Waals surface area (Å²) in [6, 6.07) is 0. The second-order valence-corrected chi connectivity index (χ2v) is 4.72. The van der Waals surface area contributed by atoms with E-state index in [1.807, 2.05) is 6.92 Å². The fraction of sp³-hybridized carbons (Fsp3) is 0.636. The zero-order chi connectivity index (χ0) is 13.1. The number of aromatic nitrogens is 2. The predicted octanol–water partition coefficient (Wildman–Crippen LogP) is 1.53. The van der Waals surface area contributed by atoms with Crippen LogP contribution in [-0.2, 0) is 11.3 Å². The standard InChI is InChI=1S/C11H19N3O3/c1-8-9(7-12-14(8)5-6-15)13-10(16)17-11(2,3)4/h7,15H,5-6H2,1-4H3,(H,13,16). The molecule has 17 heavy (non-hydrogen) atoms. The molecule has 1 aromatic rings. The highest BCUT2D eigenvalue weighted by Gasteiger charge is 2.17. The summed E-state index contributed by atoms with van der Waals surface area (Å²) in [7, 11) is 0. The maximum atomic E-state index is 11.5. The molecule has 2 N–H and O–H groups in total. The van der Waals surface area contributed by atoms with Crippen LogP contribution in [0.1, 0.15) is 26.5 Å². The Morgan fingerprint density at radius 3 is 2.76 bits per heavy atom. The molecule has 0 saturated heterocycles. The zero-order valence-corrected chi connectivity index (χ0v) is 10.6. The Labute approximate surface area is 101 Å². The Bertz CT molecular complexity index is 393. The number of amides is 1. The highest BCUT2D eigenvalue weighted by Crippen LogP contribution is 2.15. The first-order chi connectivity index (χ1) is 7.83. The fourth-order valence-electron chi connectivity index (χ4n) is 1.30. The van der Waals surface area contributed by atoms with Crippen LogP contribution in [-0.4, -0.2) is 33.2 Å². The summed E-state index contributed by atoms with van der Waals surface area (Å²) in [5.74, 6) is 0. The molecule has 1 aromatic heterocycles. The molecule has 0 aliphatic rings. The average Bonchev–Trinajstić information content (AvgIpc) is 2.47. The van der Waals surface area contributed by atoms with Crippen molar-refractivity contribution in [2.24, 2.45) is 0 Å². The topological polar surface area (TPSA) is 76.4 Å². The summed E-state index contributed by atoms with van der Waals surface area (Å²) in [6.45, 7) is 7.63. The molecule has 96 valence electrons. The first-order valence-corrected chi connectivity index (χ1v) is 5.47. The van der Waals surface area contributed by atoms with Crippen LogP contribution in [0.2, 0.25) is 0 Å².